The van der Waals surface area contributed by atoms with Crippen molar-refractivity contribution in [3.8, 4) is 0 Å². The molecule has 0 radical (unpaired) electrons. The first-order valence-electron chi connectivity index (χ1n) is 7.61. The molecule has 1 aliphatic rings. The average Bonchev–Trinajstić information content (AvgIpc) is 2.72. The molecule has 0 spiro atoms. The van der Waals surface area contributed by atoms with Crippen LogP contribution in [0.3, 0.4) is 0 Å². The van der Waals surface area contributed by atoms with Gasteiger partial charge in [-0.2, -0.15) is 0 Å². The van der Waals surface area contributed by atoms with Crippen molar-refractivity contribution in [2.75, 3.05) is 18.0 Å². The molecule has 0 amide bonds. The van der Waals surface area contributed by atoms with E-state index in [1.165, 1.54) is 19.3 Å². The summed E-state index contributed by atoms with van der Waals surface area (Å²) in [5.74, 6) is 1.53. The van der Waals surface area contributed by atoms with E-state index in [-0.39, 0.29) is 10.6 Å². The summed E-state index contributed by atoms with van der Waals surface area (Å²) in [5.41, 5.74) is 2.32. The lowest BCUT2D eigenvalue weighted by atomic mass is 9.89. The number of halogens is 1. The molecule has 0 bridgehead atoms. The van der Waals surface area contributed by atoms with E-state index in [0.717, 1.165) is 36.2 Å². The number of rotatable bonds is 4. The molecule has 116 valence electrons. The van der Waals surface area contributed by atoms with Gasteiger partial charge in [0, 0.05) is 36.2 Å². The Morgan fingerprint density at radius 2 is 2.14 bits per heavy atom. The topological polar surface area (TPSA) is 46.4 Å². The lowest BCUT2D eigenvalue weighted by Gasteiger charge is -2.25. The summed E-state index contributed by atoms with van der Waals surface area (Å²) in [7, 11) is 0. The van der Waals surface area contributed by atoms with Gasteiger partial charge in [-0.15, -0.1) is 0 Å². The van der Waals surface area contributed by atoms with Gasteiger partial charge in [0.25, 0.3) is 5.69 Å². The molecule has 1 aromatic carbocycles. The molecule has 1 aliphatic heterocycles. The van der Waals surface area contributed by atoms with Crippen LogP contribution in [0.5, 0.6) is 0 Å². The van der Waals surface area contributed by atoms with Crippen molar-refractivity contribution >= 4 is 27.3 Å². The van der Waals surface area contributed by atoms with Gasteiger partial charge in [-0.3, -0.25) is 10.1 Å². The molecule has 0 saturated carbocycles. The quantitative estimate of drug-likeness (QED) is 0.445. The molecule has 1 fully saturated rings. The van der Waals surface area contributed by atoms with Gasteiger partial charge >= 0.3 is 0 Å². The first kappa shape index (κ1) is 16.3. The fourth-order valence-electron chi connectivity index (χ4n) is 3.13. The Bertz CT molecular complexity index is 505. The molecule has 2 rings (SSSR count). The van der Waals surface area contributed by atoms with Crippen LogP contribution in [-0.4, -0.2) is 18.0 Å². The standard InChI is InChI=1S/C16H23BrN2O2/c1-12(2)13-4-3-8-18(9-7-13)16-6-5-15(19(20)21)10-14(16)11-17/h5-6,10,12-13H,3-4,7-9,11H2,1-2H3. The molecule has 0 aliphatic carbocycles. The van der Waals surface area contributed by atoms with Crippen LogP contribution in [0.15, 0.2) is 18.2 Å². The maximum atomic E-state index is 10.9. The molecule has 1 atom stereocenters. The number of nitro groups is 1. The van der Waals surface area contributed by atoms with Gasteiger partial charge in [0.15, 0.2) is 0 Å². The molecule has 21 heavy (non-hydrogen) atoms. The van der Waals surface area contributed by atoms with Crippen LogP contribution in [-0.2, 0) is 5.33 Å². The van der Waals surface area contributed by atoms with Gasteiger partial charge in [0.1, 0.15) is 0 Å². The van der Waals surface area contributed by atoms with Crippen LogP contribution >= 0.6 is 15.9 Å². The van der Waals surface area contributed by atoms with Crippen LogP contribution in [0.2, 0.25) is 0 Å². The first-order chi connectivity index (χ1) is 10.0. The van der Waals surface area contributed by atoms with Gasteiger partial charge in [-0.1, -0.05) is 29.8 Å². The molecule has 4 nitrogen and oxygen atoms in total. The lowest BCUT2D eigenvalue weighted by molar-refractivity contribution is -0.384. The molecule has 1 aromatic rings. The summed E-state index contributed by atoms with van der Waals surface area (Å²) >= 11 is 3.46. The van der Waals surface area contributed by atoms with Gasteiger partial charge in [-0.05, 0) is 42.7 Å². The summed E-state index contributed by atoms with van der Waals surface area (Å²) in [6, 6.07) is 5.21. The Morgan fingerprint density at radius 1 is 1.38 bits per heavy atom. The minimum atomic E-state index is -0.326. The second-order valence-electron chi connectivity index (χ2n) is 6.13. The number of nitro benzene ring substituents is 1. The number of hydrogen-bond acceptors (Lipinski definition) is 3. The number of nitrogens with zero attached hydrogens (tertiary/aromatic N) is 2. The Labute approximate surface area is 134 Å². The zero-order valence-electron chi connectivity index (χ0n) is 12.7. The number of alkyl halides is 1. The van der Waals surface area contributed by atoms with Gasteiger partial charge < -0.3 is 4.90 Å². The van der Waals surface area contributed by atoms with Crippen molar-refractivity contribution in [3.05, 3.63) is 33.9 Å². The predicted octanol–water partition coefficient (Wildman–Crippen LogP) is 4.75. The average molecular weight is 355 g/mol. The first-order valence-corrected chi connectivity index (χ1v) is 8.73. The zero-order chi connectivity index (χ0) is 15.4. The smallest absolute Gasteiger partial charge is 0.269 e. The Kier molecular flexibility index (Phi) is 5.62. The van der Waals surface area contributed by atoms with E-state index < -0.39 is 0 Å². The molecule has 1 unspecified atom stereocenters. The third-order valence-electron chi connectivity index (χ3n) is 4.47. The molecule has 0 N–H and O–H groups in total. The fraction of sp³-hybridized carbons (Fsp3) is 0.625. The van der Waals surface area contributed by atoms with Crippen LogP contribution < -0.4 is 4.90 Å². The van der Waals surface area contributed by atoms with Crippen molar-refractivity contribution in [2.24, 2.45) is 11.8 Å². The molecule has 0 aromatic heterocycles. The number of non-ortho nitro benzene ring substituents is 1. The lowest BCUT2D eigenvalue weighted by Crippen LogP contribution is -2.25. The summed E-state index contributed by atoms with van der Waals surface area (Å²) in [6.07, 6.45) is 3.68. The highest BCUT2D eigenvalue weighted by molar-refractivity contribution is 9.08. The van der Waals surface area contributed by atoms with Gasteiger partial charge in [-0.25, -0.2) is 0 Å². The molecule has 5 heteroatoms. The van der Waals surface area contributed by atoms with E-state index in [1.54, 1.807) is 12.1 Å². The second kappa shape index (κ2) is 7.25. The van der Waals surface area contributed by atoms with E-state index in [9.17, 15) is 10.1 Å². The summed E-state index contributed by atoms with van der Waals surface area (Å²) < 4.78 is 0. The monoisotopic (exact) mass is 354 g/mol. The highest BCUT2D eigenvalue weighted by Gasteiger charge is 2.21. The maximum absolute atomic E-state index is 10.9. The van der Waals surface area contributed by atoms with Crippen LogP contribution in [0, 0.1) is 22.0 Å². The SMILES string of the molecule is CC(C)C1CCCN(c2ccc([N+](=O)[O-])cc2CBr)CC1. The normalized spacial score (nSPS) is 19.6. The largest absolute Gasteiger partial charge is 0.371 e. The van der Waals surface area contributed by atoms with E-state index in [4.69, 9.17) is 0 Å². The molecule has 1 saturated heterocycles. The minimum absolute atomic E-state index is 0.170. The van der Waals surface area contributed by atoms with Crippen LogP contribution in [0.25, 0.3) is 0 Å². The van der Waals surface area contributed by atoms with Crippen LogP contribution in [0.1, 0.15) is 38.7 Å². The number of benzene rings is 1. The fourth-order valence-corrected chi connectivity index (χ4v) is 3.58. The van der Waals surface area contributed by atoms with Gasteiger partial charge in [0.05, 0.1) is 4.92 Å². The predicted molar refractivity (Wildman–Crippen MR) is 90.1 cm³/mol. The van der Waals surface area contributed by atoms with E-state index in [0.29, 0.717) is 5.33 Å². The van der Waals surface area contributed by atoms with E-state index in [2.05, 4.69) is 34.7 Å². The maximum Gasteiger partial charge on any atom is 0.269 e. The van der Waals surface area contributed by atoms with Crippen molar-refractivity contribution in [1.82, 2.24) is 0 Å². The summed E-state index contributed by atoms with van der Waals surface area (Å²) in [5, 5.41) is 11.6. The van der Waals surface area contributed by atoms with E-state index >= 15 is 0 Å². The highest BCUT2D eigenvalue weighted by Crippen LogP contribution is 2.31. The van der Waals surface area contributed by atoms with Gasteiger partial charge in [0.2, 0.25) is 0 Å². The second-order valence-corrected chi connectivity index (χ2v) is 6.69. The number of hydrogen-bond donors (Lipinski definition) is 0. The van der Waals surface area contributed by atoms with Crippen molar-refractivity contribution < 1.29 is 4.92 Å². The summed E-state index contributed by atoms with van der Waals surface area (Å²) in [4.78, 5) is 13.0. The Morgan fingerprint density at radius 3 is 2.76 bits per heavy atom. The van der Waals surface area contributed by atoms with Crippen molar-refractivity contribution in [2.45, 2.75) is 38.4 Å². The summed E-state index contributed by atoms with van der Waals surface area (Å²) in [6.45, 7) is 6.69. The molecule has 1 heterocycles. The van der Waals surface area contributed by atoms with Crippen molar-refractivity contribution in [1.29, 1.82) is 0 Å². The molecular formula is C16H23BrN2O2. The molecular weight excluding hydrogens is 332 g/mol. The highest BCUT2D eigenvalue weighted by atomic mass is 79.9. The third kappa shape index (κ3) is 3.96. The van der Waals surface area contributed by atoms with E-state index in [1.807, 2.05) is 6.07 Å². The Hall–Kier alpha value is -1.10. The van der Waals surface area contributed by atoms with Crippen molar-refractivity contribution in [3.63, 3.8) is 0 Å². The Balaban J connectivity index is 2.19. The zero-order valence-corrected chi connectivity index (χ0v) is 14.3. The number of anilines is 1. The minimum Gasteiger partial charge on any atom is -0.371 e. The van der Waals surface area contributed by atoms with Crippen LogP contribution in [0.4, 0.5) is 11.4 Å². The third-order valence-corrected chi connectivity index (χ3v) is 5.08.